The number of ether oxygens (including phenoxy) is 1. The van der Waals surface area contributed by atoms with Gasteiger partial charge in [0.2, 0.25) is 5.69 Å². The van der Waals surface area contributed by atoms with Gasteiger partial charge in [0.15, 0.2) is 6.21 Å². The zero-order valence-corrected chi connectivity index (χ0v) is 8.58. The first-order chi connectivity index (χ1) is 7.72. The van der Waals surface area contributed by atoms with Crippen molar-refractivity contribution in [3.05, 3.63) is 24.3 Å². The van der Waals surface area contributed by atoms with Crippen LogP contribution in [0, 0.1) is 0 Å². The van der Waals surface area contributed by atoms with Gasteiger partial charge in [-0.05, 0) is 6.07 Å². The van der Waals surface area contributed by atoms with Gasteiger partial charge >= 0.3 is 11.8 Å². The van der Waals surface area contributed by atoms with Crippen LogP contribution in [0.1, 0.15) is 0 Å². The lowest BCUT2D eigenvalue weighted by atomic mass is 10.2. The molecule has 5 heteroatoms. The molecule has 0 spiro atoms. The Kier molecular flexibility index (Phi) is 2.59. The Morgan fingerprint density at radius 1 is 1.31 bits per heavy atom. The van der Waals surface area contributed by atoms with Gasteiger partial charge in [0, 0.05) is 6.07 Å². The molecule has 0 radical (unpaired) electrons. The van der Waals surface area contributed by atoms with Gasteiger partial charge in [0.05, 0.1) is 19.4 Å². The Hall–Kier alpha value is -2.30. The van der Waals surface area contributed by atoms with Crippen LogP contribution in [-0.4, -0.2) is 35.9 Å². The second-order valence-corrected chi connectivity index (χ2v) is 3.11. The SMILES string of the molecule is COc1cccc([N+]2=CC=NC(=O)C2=O)c1. The van der Waals surface area contributed by atoms with E-state index < -0.39 is 11.8 Å². The summed E-state index contributed by atoms with van der Waals surface area (Å²) in [6.07, 6.45) is 2.74. The summed E-state index contributed by atoms with van der Waals surface area (Å²) >= 11 is 0. The molecular weight excluding hydrogens is 208 g/mol. The van der Waals surface area contributed by atoms with Crippen molar-refractivity contribution in [2.45, 2.75) is 0 Å². The highest BCUT2D eigenvalue weighted by Crippen LogP contribution is 2.19. The summed E-state index contributed by atoms with van der Waals surface area (Å²) in [5.41, 5.74) is 0.573. The summed E-state index contributed by atoms with van der Waals surface area (Å²) in [6, 6.07) is 6.88. The number of rotatable bonds is 2. The molecule has 0 aliphatic carbocycles. The van der Waals surface area contributed by atoms with Gasteiger partial charge in [0.1, 0.15) is 5.75 Å². The van der Waals surface area contributed by atoms with Gasteiger partial charge in [-0.25, -0.2) is 9.79 Å². The molecule has 0 saturated carbocycles. The summed E-state index contributed by atoms with van der Waals surface area (Å²) in [7, 11) is 1.54. The fourth-order valence-corrected chi connectivity index (χ4v) is 1.36. The zero-order valence-electron chi connectivity index (χ0n) is 8.58. The van der Waals surface area contributed by atoms with Crippen LogP contribution in [0.25, 0.3) is 0 Å². The number of hydrogen-bond donors (Lipinski definition) is 0. The second kappa shape index (κ2) is 4.06. The molecule has 5 nitrogen and oxygen atoms in total. The summed E-state index contributed by atoms with van der Waals surface area (Å²) in [5, 5.41) is 0. The first-order valence-electron chi connectivity index (χ1n) is 4.61. The molecule has 2 amide bonds. The summed E-state index contributed by atoms with van der Waals surface area (Å²) in [5.74, 6) is -0.824. The molecule has 1 aromatic rings. The summed E-state index contributed by atoms with van der Waals surface area (Å²) < 4.78 is 6.27. The van der Waals surface area contributed by atoms with E-state index in [1.807, 2.05) is 0 Å². The molecule has 0 fully saturated rings. The Bertz CT molecular complexity index is 518. The Morgan fingerprint density at radius 3 is 2.88 bits per heavy atom. The van der Waals surface area contributed by atoms with Crippen LogP contribution in [-0.2, 0) is 9.59 Å². The van der Waals surface area contributed by atoms with Gasteiger partial charge in [-0.15, -0.1) is 4.58 Å². The topological polar surface area (TPSA) is 58.7 Å². The minimum absolute atomic E-state index is 0.573. The molecule has 0 aromatic heterocycles. The number of amides is 2. The number of methoxy groups -OCH3 is 1. The van der Waals surface area contributed by atoms with Crippen LogP contribution in [0.3, 0.4) is 0 Å². The van der Waals surface area contributed by atoms with E-state index in [4.69, 9.17) is 4.74 Å². The van der Waals surface area contributed by atoms with Crippen molar-refractivity contribution in [3.8, 4) is 5.75 Å². The minimum atomic E-state index is -0.773. The van der Waals surface area contributed by atoms with Crippen LogP contribution >= 0.6 is 0 Å². The van der Waals surface area contributed by atoms with Crippen molar-refractivity contribution in [3.63, 3.8) is 0 Å². The van der Waals surface area contributed by atoms with E-state index in [2.05, 4.69) is 4.99 Å². The number of aliphatic imine (C=N–C) groups is 1. The Morgan fingerprint density at radius 2 is 2.12 bits per heavy atom. The van der Waals surface area contributed by atoms with E-state index >= 15 is 0 Å². The molecule has 0 N–H and O–H groups in total. The van der Waals surface area contributed by atoms with E-state index in [9.17, 15) is 9.59 Å². The number of hydrogen-bond acceptors (Lipinski definition) is 3. The molecule has 0 unspecified atom stereocenters. The van der Waals surface area contributed by atoms with E-state index in [1.54, 1.807) is 24.3 Å². The second-order valence-electron chi connectivity index (χ2n) is 3.11. The van der Waals surface area contributed by atoms with Crippen molar-refractivity contribution in [2.75, 3.05) is 7.11 Å². The maximum atomic E-state index is 11.5. The quantitative estimate of drug-likeness (QED) is 0.537. The number of benzene rings is 1. The molecule has 2 rings (SSSR count). The van der Waals surface area contributed by atoms with E-state index in [0.717, 1.165) is 0 Å². The highest BCUT2D eigenvalue weighted by molar-refractivity contribution is 6.39. The number of nitrogens with zero attached hydrogens (tertiary/aromatic N) is 2. The van der Waals surface area contributed by atoms with Crippen LogP contribution in [0.5, 0.6) is 5.75 Å². The predicted molar refractivity (Wildman–Crippen MR) is 57.5 cm³/mol. The molecular formula is C11H9N2O3+. The Labute approximate surface area is 91.7 Å². The smallest absolute Gasteiger partial charge is 0.485 e. The van der Waals surface area contributed by atoms with Crippen LogP contribution in [0.4, 0.5) is 5.69 Å². The van der Waals surface area contributed by atoms with Crippen LogP contribution < -0.4 is 4.74 Å². The maximum absolute atomic E-state index is 11.5. The molecule has 1 aliphatic heterocycles. The first kappa shape index (κ1) is 10.2. The van der Waals surface area contributed by atoms with Gasteiger partial charge in [-0.3, -0.25) is 4.79 Å². The van der Waals surface area contributed by atoms with E-state index in [1.165, 1.54) is 24.1 Å². The molecule has 1 aromatic carbocycles. The lowest BCUT2D eigenvalue weighted by Gasteiger charge is -2.02. The lowest BCUT2D eigenvalue weighted by Crippen LogP contribution is -2.28. The standard InChI is InChI=1S/C11H9N2O3/c1-16-9-4-2-3-8(7-9)13-6-5-12-10(14)11(13)15/h2-7H,1H3/q+1. The lowest BCUT2D eigenvalue weighted by molar-refractivity contribution is -0.356. The van der Waals surface area contributed by atoms with Gasteiger partial charge in [-0.1, -0.05) is 6.07 Å². The van der Waals surface area contributed by atoms with Gasteiger partial charge in [0.25, 0.3) is 0 Å². The molecule has 16 heavy (non-hydrogen) atoms. The third-order valence-electron chi connectivity index (χ3n) is 2.14. The van der Waals surface area contributed by atoms with Crippen molar-refractivity contribution >= 4 is 29.9 Å². The highest BCUT2D eigenvalue weighted by Gasteiger charge is 2.30. The first-order valence-corrected chi connectivity index (χ1v) is 4.61. The Balaban J connectivity index is 2.44. The van der Waals surface area contributed by atoms with Gasteiger partial charge < -0.3 is 4.74 Å². The third-order valence-corrected chi connectivity index (χ3v) is 2.14. The van der Waals surface area contributed by atoms with E-state index in [0.29, 0.717) is 11.4 Å². The summed E-state index contributed by atoms with van der Waals surface area (Å²) in [4.78, 5) is 26.0. The average Bonchev–Trinajstić information content (AvgIpc) is 2.33. The van der Waals surface area contributed by atoms with Crippen molar-refractivity contribution in [2.24, 2.45) is 4.99 Å². The van der Waals surface area contributed by atoms with Crippen molar-refractivity contribution in [1.29, 1.82) is 0 Å². The normalized spacial score (nSPS) is 14.9. The van der Waals surface area contributed by atoms with E-state index in [-0.39, 0.29) is 0 Å². The van der Waals surface area contributed by atoms with Crippen molar-refractivity contribution in [1.82, 2.24) is 0 Å². The zero-order chi connectivity index (χ0) is 11.5. The third kappa shape index (κ3) is 1.75. The number of carbonyl (C=O) groups excluding carboxylic acids is 2. The molecule has 80 valence electrons. The fourth-order valence-electron chi connectivity index (χ4n) is 1.36. The van der Waals surface area contributed by atoms with Crippen LogP contribution in [0.15, 0.2) is 29.3 Å². The van der Waals surface area contributed by atoms with Crippen molar-refractivity contribution < 1.29 is 18.9 Å². The van der Waals surface area contributed by atoms with Gasteiger partial charge in [-0.2, -0.15) is 0 Å². The molecule has 1 heterocycles. The summed E-state index contributed by atoms with van der Waals surface area (Å²) in [6.45, 7) is 0. The number of carbonyl (C=O) groups is 2. The molecule has 0 atom stereocenters. The monoisotopic (exact) mass is 217 g/mol. The highest BCUT2D eigenvalue weighted by atomic mass is 16.5. The molecule has 0 saturated heterocycles. The minimum Gasteiger partial charge on any atom is -0.497 e. The average molecular weight is 217 g/mol. The fraction of sp³-hybridized carbons (Fsp3) is 0.0909. The largest absolute Gasteiger partial charge is 0.497 e. The predicted octanol–water partition coefficient (Wildman–Crippen LogP) is 0.548. The van der Waals surface area contributed by atoms with Crippen LogP contribution in [0.2, 0.25) is 0 Å². The molecule has 1 aliphatic rings. The molecule has 0 bridgehead atoms. The maximum Gasteiger partial charge on any atom is 0.485 e.